The van der Waals surface area contributed by atoms with Crippen LogP contribution in [0.3, 0.4) is 0 Å². The molecule has 1 aliphatic heterocycles. The van der Waals surface area contributed by atoms with Crippen molar-refractivity contribution >= 4 is 70.5 Å². The molecule has 13 heteroatoms. The molecule has 0 atom stereocenters. The second-order valence-corrected chi connectivity index (χ2v) is 25.7. The van der Waals surface area contributed by atoms with Gasteiger partial charge in [-0.25, -0.2) is 0 Å². The van der Waals surface area contributed by atoms with Gasteiger partial charge in [0.05, 0.1) is 0 Å². The molecule has 6 aromatic carbocycles. The zero-order valence-electron chi connectivity index (χ0n) is 26.0. The van der Waals surface area contributed by atoms with Crippen LogP contribution in [-0.2, 0) is 41.5 Å². The zero-order chi connectivity index (χ0) is 34.9. The summed E-state index contributed by atoms with van der Waals surface area (Å²) in [4.78, 5) is -1.53. The van der Waals surface area contributed by atoms with Gasteiger partial charge in [-0.1, -0.05) is 0 Å². The quantitative estimate of drug-likeness (QED) is 0.126. The van der Waals surface area contributed by atoms with Gasteiger partial charge in [-0.2, -0.15) is 0 Å². The average molecular weight is 951 g/mol. The van der Waals surface area contributed by atoms with Gasteiger partial charge in [-0.3, -0.25) is 0 Å². The fraction of sp³-hybridized carbons (Fsp3) is 0.0270. The molecule has 0 aromatic heterocycles. The molecule has 0 fully saturated rings. The van der Waals surface area contributed by atoms with Gasteiger partial charge in [0, 0.05) is 0 Å². The summed E-state index contributed by atoms with van der Waals surface area (Å²) in [5, 5.41) is 0. The Balaban J connectivity index is 1.27. The number of hydrogen-bond donors (Lipinski definition) is 0. The predicted octanol–water partition coefficient (Wildman–Crippen LogP) is 8.16. The average Bonchev–Trinajstić information content (AvgIpc) is 3.14. The molecule has 0 aliphatic carbocycles. The van der Waals surface area contributed by atoms with Crippen LogP contribution in [0.2, 0.25) is 0 Å². The van der Waals surface area contributed by atoms with Crippen molar-refractivity contribution in [2.24, 2.45) is 0 Å². The Labute approximate surface area is 307 Å². The van der Waals surface area contributed by atoms with E-state index in [9.17, 15) is 25.3 Å². The Morgan fingerprint density at radius 1 is 0.480 bits per heavy atom. The topological polar surface area (TPSA) is 121 Å². The fourth-order valence-corrected chi connectivity index (χ4v) is 22.0. The van der Waals surface area contributed by atoms with E-state index in [-0.39, 0.29) is 21.8 Å². The third kappa shape index (κ3) is 7.04. The first-order valence-corrected chi connectivity index (χ1v) is 25.4. The van der Waals surface area contributed by atoms with Gasteiger partial charge < -0.3 is 0 Å². The number of rotatable bonds is 10. The molecule has 1 heterocycles. The van der Waals surface area contributed by atoms with E-state index in [1.807, 2.05) is 72.8 Å². The summed E-state index contributed by atoms with van der Waals surface area (Å²) < 4.78 is 99.6. The molecule has 50 heavy (non-hydrogen) atoms. The van der Waals surface area contributed by atoms with Gasteiger partial charge in [-0.15, -0.1) is 0 Å². The molecule has 0 unspecified atom stereocenters. The van der Waals surface area contributed by atoms with E-state index < -0.39 is 80.3 Å². The van der Waals surface area contributed by atoms with E-state index >= 15 is 0 Å². The summed E-state index contributed by atoms with van der Waals surface area (Å²) in [6.45, 7) is 0. The zero-order valence-corrected chi connectivity index (χ0v) is 32.7. The Hall–Kier alpha value is -3.45. The van der Waals surface area contributed by atoms with Gasteiger partial charge in [0.1, 0.15) is 0 Å². The number of hydrogen-bond acceptors (Lipinski definition) is 8. The van der Waals surface area contributed by atoms with Crippen LogP contribution in [-0.4, -0.2) is 25.3 Å². The van der Waals surface area contributed by atoms with Crippen molar-refractivity contribution in [1.82, 2.24) is 0 Å². The first kappa shape index (κ1) is 35.0. The Kier molecular flexibility index (Phi) is 9.99. The first-order valence-electron chi connectivity index (χ1n) is 15.0. The van der Waals surface area contributed by atoms with Crippen molar-refractivity contribution in [3.05, 3.63) is 183 Å². The fourth-order valence-electron chi connectivity index (χ4n) is 5.35. The Morgan fingerprint density at radius 2 is 0.920 bits per heavy atom. The van der Waals surface area contributed by atoms with Gasteiger partial charge in [0.25, 0.3) is 0 Å². The molecule has 0 saturated heterocycles. The second kappa shape index (κ2) is 14.3. The maximum absolute atomic E-state index is 14.4. The van der Waals surface area contributed by atoms with E-state index in [1.165, 1.54) is 24.3 Å². The molecule has 8 nitrogen and oxygen atoms in total. The Bertz CT molecular complexity index is 2420. The van der Waals surface area contributed by atoms with Crippen LogP contribution in [0.4, 0.5) is 0 Å². The molecule has 7 rings (SSSR count). The normalized spacial score (nSPS) is 14.2. The summed E-state index contributed by atoms with van der Waals surface area (Å²) >= 11 is -6.11. The molecule has 0 bridgehead atoms. The molecule has 0 saturated carbocycles. The molecule has 0 spiro atoms. The molecule has 0 amide bonds. The van der Waals surface area contributed by atoms with Crippen LogP contribution in [0.5, 0.6) is 0 Å². The third-order valence-electron chi connectivity index (χ3n) is 7.61. The van der Waals surface area contributed by atoms with E-state index in [4.69, 9.17) is 5.03 Å². The van der Waals surface area contributed by atoms with Crippen LogP contribution in [0.25, 0.3) is 0 Å². The maximum atomic E-state index is 14.4. The molecular formula is C37H28I2O8S3. The van der Waals surface area contributed by atoms with Crippen molar-refractivity contribution in [2.45, 2.75) is 26.0 Å². The van der Waals surface area contributed by atoms with Gasteiger partial charge in [0.2, 0.25) is 0 Å². The molecule has 6 aromatic rings. The van der Waals surface area contributed by atoms with Gasteiger partial charge in [0.15, 0.2) is 0 Å². The van der Waals surface area contributed by atoms with Crippen LogP contribution in [0, 0.1) is 14.3 Å². The van der Waals surface area contributed by atoms with Crippen molar-refractivity contribution in [3.8, 4) is 0 Å². The number of halogens is 2. The standard InChI is InChI=1S/C37H28I2O8S3/c40-48(41)36-27-34(49(42,43)46-38(30-15-5-1-6-16-30)31-17-7-2-8-18-31)25-24-28(36)26-29-14-13-23-35(37(29)48)50(44,45)47-39(32-19-9-3-10-20-32)33-21-11-4-12-22-33/h1-25,27H,26H2. The van der Waals surface area contributed by atoms with Crippen molar-refractivity contribution < 1.29 is 30.3 Å². The molecule has 256 valence electrons. The summed E-state index contributed by atoms with van der Waals surface area (Å²) in [5.74, 6) is 0. The van der Waals surface area contributed by atoms with Crippen LogP contribution in [0.1, 0.15) is 11.1 Å². The third-order valence-corrected chi connectivity index (χ3v) is 24.4. The van der Waals surface area contributed by atoms with Gasteiger partial charge in [-0.05, 0) is 0 Å². The molecule has 0 radical (unpaired) electrons. The van der Waals surface area contributed by atoms with E-state index in [0.29, 0.717) is 12.7 Å². The predicted molar refractivity (Wildman–Crippen MR) is 206 cm³/mol. The SMILES string of the molecule is O=S(=O)(OI(c1ccccc1)c1ccccc1)c1ccc2c(c1)S(=O)(=O)c1c(cccc1S(=O)(=O)OI(c1ccccc1)c1ccccc1)C2. The van der Waals surface area contributed by atoms with E-state index in [1.54, 1.807) is 54.6 Å². The summed E-state index contributed by atoms with van der Waals surface area (Å²) in [6.07, 6.45) is 0.0701. The van der Waals surface area contributed by atoms with Crippen molar-refractivity contribution in [1.29, 1.82) is 0 Å². The molecular weight excluding hydrogens is 922 g/mol. The van der Waals surface area contributed by atoms with E-state index in [2.05, 4.69) is 0 Å². The van der Waals surface area contributed by atoms with Crippen molar-refractivity contribution in [3.63, 3.8) is 0 Å². The number of sulfone groups is 1. The summed E-state index contributed by atoms with van der Waals surface area (Å²) in [5.41, 5.74) is 0.616. The van der Waals surface area contributed by atoms with Crippen LogP contribution < -0.4 is 0 Å². The molecule has 0 N–H and O–H groups in total. The number of fused-ring (bicyclic) bond motifs is 2. The van der Waals surface area contributed by atoms with Crippen LogP contribution >= 0.6 is 40.5 Å². The first-order chi connectivity index (χ1) is 24.0. The van der Waals surface area contributed by atoms with Crippen molar-refractivity contribution in [2.75, 3.05) is 0 Å². The second-order valence-electron chi connectivity index (χ2n) is 10.9. The van der Waals surface area contributed by atoms with E-state index in [0.717, 1.165) is 13.2 Å². The Morgan fingerprint density at radius 3 is 1.38 bits per heavy atom. The minimum absolute atomic E-state index is 0.0701. The number of benzene rings is 6. The summed E-state index contributed by atoms with van der Waals surface area (Å²) in [7, 11) is -13.6. The minimum atomic E-state index is -4.63. The van der Waals surface area contributed by atoms with Gasteiger partial charge >= 0.3 is 310 Å². The monoisotopic (exact) mass is 950 g/mol. The van der Waals surface area contributed by atoms with Crippen LogP contribution in [0.15, 0.2) is 177 Å². The molecule has 1 aliphatic rings. The summed E-state index contributed by atoms with van der Waals surface area (Å²) in [6, 6.07) is 44.3.